The van der Waals surface area contributed by atoms with E-state index in [2.05, 4.69) is 25.2 Å². The second-order valence-electron chi connectivity index (χ2n) is 3.79. The average molecular weight is 260 g/mol. The molecule has 7 heteroatoms. The Balaban J connectivity index is 2.55. The van der Waals surface area contributed by atoms with Crippen LogP contribution in [-0.4, -0.2) is 53.6 Å². The summed E-state index contributed by atoms with van der Waals surface area (Å²) in [6.45, 7) is 4.20. The van der Waals surface area contributed by atoms with Crippen molar-refractivity contribution in [2.24, 2.45) is 0 Å². The van der Waals surface area contributed by atoms with Crippen LogP contribution in [0.25, 0.3) is 0 Å². The van der Waals surface area contributed by atoms with E-state index in [9.17, 15) is 0 Å². The lowest BCUT2D eigenvalue weighted by Crippen LogP contribution is -2.21. The van der Waals surface area contributed by atoms with E-state index in [1.165, 1.54) is 0 Å². The summed E-state index contributed by atoms with van der Waals surface area (Å²) in [5.41, 5.74) is 0. The molecule has 0 aliphatic rings. The summed E-state index contributed by atoms with van der Waals surface area (Å²) in [7, 11) is 4.00. The monoisotopic (exact) mass is 259 g/mol. The van der Waals surface area contributed by atoms with Gasteiger partial charge in [0, 0.05) is 13.1 Å². The number of aromatic nitrogens is 3. The van der Waals surface area contributed by atoms with Crippen LogP contribution in [0.4, 0.5) is 5.95 Å². The minimum absolute atomic E-state index is 0.137. The summed E-state index contributed by atoms with van der Waals surface area (Å²) in [5, 5.41) is 3.20. The fraction of sp³-hybridized carbons (Fsp3) is 0.700. The van der Waals surface area contributed by atoms with Gasteiger partial charge >= 0.3 is 6.01 Å². The number of anilines is 1. The van der Waals surface area contributed by atoms with Gasteiger partial charge < -0.3 is 15.0 Å². The second kappa shape index (κ2) is 7.24. The zero-order valence-electron chi connectivity index (χ0n) is 10.4. The summed E-state index contributed by atoms with van der Waals surface area (Å²) in [5.74, 6) is 0.443. The van der Waals surface area contributed by atoms with Crippen LogP contribution < -0.4 is 10.1 Å². The molecule has 1 aromatic rings. The Morgan fingerprint density at radius 1 is 1.29 bits per heavy atom. The third kappa shape index (κ3) is 5.65. The lowest BCUT2D eigenvalue weighted by Gasteiger charge is -2.10. The standard InChI is InChI=1S/C10H18ClN5O/c1-4-7-17-10-14-8(11)13-9(15-10)12-5-6-16(2)3/h4-7H2,1-3H3,(H,12,13,14,15). The lowest BCUT2D eigenvalue weighted by molar-refractivity contribution is 0.291. The molecule has 1 N–H and O–H groups in total. The van der Waals surface area contributed by atoms with E-state index in [-0.39, 0.29) is 11.3 Å². The minimum atomic E-state index is 0.137. The van der Waals surface area contributed by atoms with Crippen molar-refractivity contribution in [1.82, 2.24) is 19.9 Å². The molecule has 0 aliphatic carbocycles. The molecular formula is C10H18ClN5O. The van der Waals surface area contributed by atoms with Gasteiger partial charge in [0.15, 0.2) is 0 Å². The van der Waals surface area contributed by atoms with Crippen LogP contribution in [0.5, 0.6) is 6.01 Å². The van der Waals surface area contributed by atoms with Crippen LogP contribution in [0, 0.1) is 0 Å². The van der Waals surface area contributed by atoms with Gasteiger partial charge in [-0.3, -0.25) is 0 Å². The van der Waals surface area contributed by atoms with Gasteiger partial charge in [0.1, 0.15) is 0 Å². The fourth-order valence-corrected chi connectivity index (χ4v) is 1.21. The normalized spacial score (nSPS) is 10.6. The van der Waals surface area contributed by atoms with Crippen LogP contribution in [0.2, 0.25) is 5.28 Å². The molecule has 6 nitrogen and oxygen atoms in total. The molecule has 1 heterocycles. The maximum Gasteiger partial charge on any atom is 0.322 e. The first-order valence-electron chi connectivity index (χ1n) is 5.54. The Bertz CT molecular complexity index is 347. The predicted octanol–water partition coefficient (Wildman–Crippen LogP) is 1.29. The van der Waals surface area contributed by atoms with Crippen molar-refractivity contribution in [2.45, 2.75) is 13.3 Å². The van der Waals surface area contributed by atoms with Gasteiger partial charge in [-0.15, -0.1) is 0 Å². The van der Waals surface area contributed by atoms with Crippen molar-refractivity contribution in [3.63, 3.8) is 0 Å². The van der Waals surface area contributed by atoms with E-state index in [0.29, 0.717) is 12.6 Å². The van der Waals surface area contributed by atoms with E-state index in [1.807, 2.05) is 21.0 Å². The van der Waals surface area contributed by atoms with Crippen LogP contribution >= 0.6 is 11.6 Å². The number of rotatable bonds is 7. The number of hydrogen-bond donors (Lipinski definition) is 1. The third-order valence-electron chi connectivity index (χ3n) is 1.87. The second-order valence-corrected chi connectivity index (χ2v) is 4.13. The van der Waals surface area contributed by atoms with Gasteiger partial charge in [-0.25, -0.2) is 0 Å². The van der Waals surface area contributed by atoms with Crippen molar-refractivity contribution in [1.29, 1.82) is 0 Å². The van der Waals surface area contributed by atoms with Gasteiger partial charge in [0.25, 0.3) is 0 Å². The smallest absolute Gasteiger partial charge is 0.322 e. The Hall–Kier alpha value is -1.14. The summed E-state index contributed by atoms with van der Waals surface area (Å²) in [6.07, 6.45) is 0.896. The summed E-state index contributed by atoms with van der Waals surface area (Å²) >= 11 is 5.78. The largest absolute Gasteiger partial charge is 0.463 e. The van der Waals surface area contributed by atoms with Crippen molar-refractivity contribution in [2.75, 3.05) is 39.1 Å². The number of halogens is 1. The fourth-order valence-electron chi connectivity index (χ4n) is 1.06. The maximum absolute atomic E-state index is 5.78. The van der Waals surface area contributed by atoms with Gasteiger partial charge in [-0.05, 0) is 32.1 Å². The zero-order valence-corrected chi connectivity index (χ0v) is 11.2. The molecule has 0 aliphatic heterocycles. The summed E-state index contributed by atoms with van der Waals surface area (Å²) in [4.78, 5) is 14.0. The highest BCUT2D eigenvalue weighted by Gasteiger charge is 2.05. The van der Waals surface area contributed by atoms with E-state index < -0.39 is 0 Å². The molecule has 0 atom stereocenters. The molecule has 0 aromatic carbocycles. The van der Waals surface area contributed by atoms with Crippen molar-refractivity contribution in [3.05, 3.63) is 5.28 Å². The maximum atomic E-state index is 5.78. The molecule has 0 radical (unpaired) electrons. The molecule has 96 valence electrons. The highest BCUT2D eigenvalue weighted by molar-refractivity contribution is 6.28. The quantitative estimate of drug-likeness (QED) is 0.796. The highest BCUT2D eigenvalue weighted by Crippen LogP contribution is 2.11. The van der Waals surface area contributed by atoms with E-state index in [0.717, 1.165) is 19.5 Å². The third-order valence-corrected chi connectivity index (χ3v) is 2.03. The number of ether oxygens (including phenoxy) is 1. The average Bonchev–Trinajstić information content (AvgIpc) is 2.25. The minimum Gasteiger partial charge on any atom is -0.463 e. The van der Waals surface area contributed by atoms with Gasteiger partial charge in [-0.1, -0.05) is 6.92 Å². The number of nitrogens with zero attached hydrogens (tertiary/aromatic N) is 4. The number of hydrogen-bond acceptors (Lipinski definition) is 6. The first kappa shape index (κ1) is 13.9. The van der Waals surface area contributed by atoms with Crippen molar-refractivity contribution >= 4 is 17.5 Å². The van der Waals surface area contributed by atoms with Gasteiger partial charge in [-0.2, -0.15) is 15.0 Å². The first-order valence-corrected chi connectivity index (χ1v) is 5.92. The number of nitrogens with one attached hydrogen (secondary N) is 1. The predicted molar refractivity (Wildman–Crippen MR) is 67.7 cm³/mol. The molecule has 0 amide bonds. The Labute approximate surface area is 106 Å². The zero-order chi connectivity index (χ0) is 12.7. The Kier molecular flexibility index (Phi) is 5.93. The molecule has 0 spiro atoms. The molecule has 1 aromatic heterocycles. The van der Waals surface area contributed by atoms with Crippen LogP contribution in [0.1, 0.15) is 13.3 Å². The van der Waals surface area contributed by atoms with Gasteiger partial charge in [0.05, 0.1) is 6.61 Å². The van der Waals surface area contributed by atoms with E-state index in [1.54, 1.807) is 0 Å². The van der Waals surface area contributed by atoms with Crippen LogP contribution in [0.15, 0.2) is 0 Å². The lowest BCUT2D eigenvalue weighted by atomic mass is 10.5. The van der Waals surface area contributed by atoms with Crippen molar-refractivity contribution in [3.8, 4) is 6.01 Å². The van der Waals surface area contributed by atoms with E-state index in [4.69, 9.17) is 16.3 Å². The van der Waals surface area contributed by atoms with E-state index >= 15 is 0 Å². The molecule has 0 fully saturated rings. The molecule has 0 saturated heterocycles. The molecule has 0 saturated carbocycles. The molecule has 17 heavy (non-hydrogen) atoms. The Morgan fingerprint density at radius 3 is 2.71 bits per heavy atom. The molecule has 0 bridgehead atoms. The summed E-state index contributed by atoms with van der Waals surface area (Å²) < 4.78 is 5.31. The first-order chi connectivity index (χ1) is 8.11. The SMILES string of the molecule is CCCOc1nc(Cl)nc(NCCN(C)C)n1. The summed E-state index contributed by atoms with van der Waals surface area (Å²) in [6, 6.07) is 0.263. The number of likely N-dealkylation sites (N-methyl/N-ethyl adjacent to an activating group) is 1. The molecule has 1 rings (SSSR count). The Morgan fingerprint density at radius 2 is 2.06 bits per heavy atom. The molecule has 0 unspecified atom stereocenters. The van der Waals surface area contributed by atoms with Crippen molar-refractivity contribution < 1.29 is 4.74 Å². The highest BCUT2D eigenvalue weighted by atomic mass is 35.5. The topological polar surface area (TPSA) is 63.2 Å². The van der Waals surface area contributed by atoms with Crippen LogP contribution in [-0.2, 0) is 0 Å². The van der Waals surface area contributed by atoms with Gasteiger partial charge in [0.2, 0.25) is 11.2 Å². The molecular weight excluding hydrogens is 242 g/mol. The van der Waals surface area contributed by atoms with Crippen LogP contribution in [0.3, 0.4) is 0 Å².